The molecule has 1 aliphatic rings. The number of hydrogen-bond acceptors (Lipinski definition) is 12. The molecule has 0 bridgehead atoms. The average molecular weight is 468 g/mol. The zero-order valence-corrected chi connectivity index (χ0v) is 18.3. The fourth-order valence-electron chi connectivity index (χ4n) is 3.12. The summed E-state index contributed by atoms with van der Waals surface area (Å²) in [7, 11) is 0. The highest BCUT2D eigenvalue weighted by Crippen LogP contribution is 2.34. The lowest BCUT2D eigenvalue weighted by Gasteiger charge is -2.43. The van der Waals surface area contributed by atoms with Gasteiger partial charge in [0.2, 0.25) is 12.4 Å². The highest BCUT2D eigenvalue weighted by atomic mass is 16.7. The first-order valence-corrected chi connectivity index (χ1v) is 9.77. The van der Waals surface area contributed by atoms with Crippen molar-refractivity contribution in [2.24, 2.45) is 0 Å². The normalized spacial score (nSPS) is 24.2. The lowest BCUT2D eigenvalue weighted by Crippen LogP contribution is -2.63. The van der Waals surface area contributed by atoms with Crippen LogP contribution in [0.15, 0.2) is 18.2 Å². The molecular formula is C21H24O12. The van der Waals surface area contributed by atoms with Gasteiger partial charge in [0.05, 0.1) is 0 Å². The van der Waals surface area contributed by atoms with Gasteiger partial charge in [-0.2, -0.15) is 0 Å². The molecule has 1 fully saturated rings. The van der Waals surface area contributed by atoms with Gasteiger partial charge in [-0.25, -0.2) is 0 Å². The second-order valence-electron chi connectivity index (χ2n) is 7.03. The van der Waals surface area contributed by atoms with Gasteiger partial charge in [-0.05, 0) is 18.2 Å². The molecular weight excluding hydrogens is 444 g/mol. The third-order valence-corrected chi connectivity index (χ3v) is 4.31. The molecule has 1 aliphatic heterocycles. The second kappa shape index (κ2) is 11.3. The maximum Gasteiger partial charge on any atom is 0.303 e. The van der Waals surface area contributed by atoms with E-state index < -0.39 is 66.9 Å². The highest BCUT2D eigenvalue weighted by Gasteiger charge is 2.53. The van der Waals surface area contributed by atoms with E-state index in [-0.39, 0.29) is 11.3 Å². The van der Waals surface area contributed by atoms with Crippen molar-refractivity contribution >= 4 is 30.2 Å². The molecule has 12 heteroatoms. The van der Waals surface area contributed by atoms with Crippen LogP contribution in [-0.4, -0.2) is 72.6 Å². The van der Waals surface area contributed by atoms with Crippen LogP contribution in [-0.2, 0) is 42.9 Å². The summed E-state index contributed by atoms with van der Waals surface area (Å²) in [5.41, 5.74) is 0.168. The molecule has 1 N–H and O–H groups in total. The summed E-state index contributed by atoms with van der Waals surface area (Å²) >= 11 is 0. The predicted octanol–water partition coefficient (Wildman–Crippen LogP) is 0.667. The number of ether oxygens (including phenoxy) is 6. The molecule has 0 aromatic heterocycles. The molecule has 0 amide bonds. The highest BCUT2D eigenvalue weighted by molar-refractivity contribution is 5.76. The minimum absolute atomic E-state index is 0.151. The lowest BCUT2D eigenvalue weighted by atomic mass is 9.98. The Bertz CT molecular complexity index is 911. The summed E-state index contributed by atoms with van der Waals surface area (Å²) in [6.45, 7) is 4.00. The summed E-state index contributed by atoms with van der Waals surface area (Å²) in [5, 5.41) is 10.2. The van der Waals surface area contributed by atoms with Crippen molar-refractivity contribution < 1.29 is 57.5 Å². The van der Waals surface area contributed by atoms with Gasteiger partial charge in [-0.1, -0.05) is 0 Å². The van der Waals surface area contributed by atoms with Crippen LogP contribution in [0.1, 0.15) is 38.1 Å². The predicted molar refractivity (Wildman–Crippen MR) is 106 cm³/mol. The summed E-state index contributed by atoms with van der Waals surface area (Å²) in [4.78, 5) is 57.5. The van der Waals surface area contributed by atoms with Crippen LogP contribution in [0.25, 0.3) is 0 Å². The van der Waals surface area contributed by atoms with E-state index in [1.807, 2.05) is 0 Å². The van der Waals surface area contributed by atoms with Gasteiger partial charge in [-0.15, -0.1) is 0 Å². The average Bonchev–Trinajstić information content (AvgIpc) is 2.71. The minimum Gasteiger partial charge on any atom is -0.504 e. The zero-order chi connectivity index (χ0) is 24.7. The number of hydrogen-bond donors (Lipinski definition) is 1. The molecule has 1 aromatic rings. The molecule has 2 rings (SSSR count). The summed E-state index contributed by atoms with van der Waals surface area (Å²) in [5.74, 6) is -3.59. The first kappa shape index (κ1) is 25.6. The van der Waals surface area contributed by atoms with Gasteiger partial charge in [0.25, 0.3) is 0 Å². The van der Waals surface area contributed by atoms with E-state index in [0.29, 0.717) is 6.29 Å². The first-order chi connectivity index (χ1) is 15.5. The van der Waals surface area contributed by atoms with E-state index in [2.05, 4.69) is 0 Å². The minimum atomic E-state index is -1.50. The van der Waals surface area contributed by atoms with Crippen molar-refractivity contribution in [3.8, 4) is 11.5 Å². The number of phenols is 1. The number of rotatable bonds is 8. The number of aromatic hydroxyl groups is 1. The fourth-order valence-corrected chi connectivity index (χ4v) is 3.12. The van der Waals surface area contributed by atoms with E-state index in [1.165, 1.54) is 12.1 Å². The number of aldehydes is 1. The molecule has 180 valence electrons. The van der Waals surface area contributed by atoms with Crippen molar-refractivity contribution in [2.45, 2.75) is 58.4 Å². The SMILES string of the molecule is CC(=O)OC[C@H]1O[C@@H](Oc2ccc(C=O)cc2O)[C@H](OC(C)=O)[C@@H](OC(C)=O)[C@@H]1OC(C)=O. The maximum atomic E-state index is 11.8. The molecule has 0 unspecified atom stereocenters. The van der Waals surface area contributed by atoms with Crippen molar-refractivity contribution in [2.75, 3.05) is 6.61 Å². The smallest absolute Gasteiger partial charge is 0.303 e. The Morgan fingerprint density at radius 1 is 0.909 bits per heavy atom. The Morgan fingerprint density at radius 2 is 1.48 bits per heavy atom. The number of phenolic OH excluding ortho intramolecular Hbond substituents is 1. The number of benzene rings is 1. The van der Waals surface area contributed by atoms with Gasteiger partial charge in [0, 0.05) is 33.3 Å². The van der Waals surface area contributed by atoms with Crippen molar-refractivity contribution in [3.05, 3.63) is 23.8 Å². The van der Waals surface area contributed by atoms with Crippen LogP contribution in [0.2, 0.25) is 0 Å². The fraction of sp³-hybridized carbons (Fsp3) is 0.476. The Labute approximate surface area is 188 Å². The third kappa shape index (κ3) is 7.17. The lowest BCUT2D eigenvalue weighted by molar-refractivity contribution is -0.288. The number of carbonyl (C=O) groups excluding carboxylic acids is 5. The largest absolute Gasteiger partial charge is 0.504 e. The standard InChI is InChI=1S/C21H24O12/c1-10(23)28-9-17-18(29-11(2)24)19(30-12(3)25)20(31-13(4)26)21(33-17)32-16-6-5-14(8-22)7-15(16)27/h5-8,17-21,27H,9H2,1-4H3/t17-,18-,19+,20-,21-/m1/s1. The van der Waals surface area contributed by atoms with Gasteiger partial charge >= 0.3 is 23.9 Å². The van der Waals surface area contributed by atoms with E-state index in [9.17, 15) is 29.1 Å². The summed E-state index contributed by atoms with van der Waals surface area (Å²) < 4.78 is 32.2. The molecule has 33 heavy (non-hydrogen) atoms. The molecule has 1 saturated heterocycles. The van der Waals surface area contributed by atoms with Crippen LogP contribution in [0.4, 0.5) is 0 Å². The van der Waals surface area contributed by atoms with Crippen LogP contribution in [0.5, 0.6) is 11.5 Å². The third-order valence-electron chi connectivity index (χ3n) is 4.31. The Balaban J connectivity index is 2.48. The van der Waals surface area contributed by atoms with Crippen LogP contribution in [0, 0.1) is 0 Å². The maximum absolute atomic E-state index is 11.8. The molecule has 1 heterocycles. The van der Waals surface area contributed by atoms with Crippen molar-refractivity contribution in [3.63, 3.8) is 0 Å². The Morgan fingerprint density at radius 3 is 2.00 bits per heavy atom. The Kier molecular flexibility index (Phi) is 8.74. The van der Waals surface area contributed by atoms with Crippen molar-refractivity contribution in [1.82, 2.24) is 0 Å². The summed E-state index contributed by atoms with van der Waals surface area (Å²) in [6.07, 6.45) is -6.38. The number of esters is 4. The molecule has 0 spiro atoms. The zero-order valence-electron chi connectivity index (χ0n) is 18.3. The molecule has 1 aromatic carbocycles. The molecule has 5 atom stereocenters. The van der Waals surface area contributed by atoms with E-state index in [4.69, 9.17) is 28.4 Å². The van der Waals surface area contributed by atoms with Gasteiger partial charge in [-0.3, -0.25) is 24.0 Å². The molecule has 0 radical (unpaired) electrons. The first-order valence-electron chi connectivity index (χ1n) is 9.77. The van der Waals surface area contributed by atoms with Gasteiger partial charge in [0.15, 0.2) is 23.7 Å². The quantitative estimate of drug-likeness (QED) is 0.323. The van der Waals surface area contributed by atoms with E-state index in [0.717, 1.165) is 33.8 Å². The second-order valence-corrected chi connectivity index (χ2v) is 7.03. The molecule has 0 aliphatic carbocycles. The Hall–Kier alpha value is -3.67. The van der Waals surface area contributed by atoms with E-state index >= 15 is 0 Å². The summed E-state index contributed by atoms with van der Waals surface area (Å²) in [6, 6.07) is 3.76. The van der Waals surface area contributed by atoms with Crippen LogP contribution < -0.4 is 4.74 Å². The van der Waals surface area contributed by atoms with Crippen LogP contribution >= 0.6 is 0 Å². The van der Waals surface area contributed by atoms with Crippen LogP contribution in [0.3, 0.4) is 0 Å². The van der Waals surface area contributed by atoms with E-state index in [1.54, 1.807) is 0 Å². The van der Waals surface area contributed by atoms with Gasteiger partial charge in [0.1, 0.15) is 19.0 Å². The van der Waals surface area contributed by atoms with Gasteiger partial charge < -0.3 is 33.5 Å². The monoisotopic (exact) mass is 468 g/mol. The van der Waals surface area contributed by atoms with Crippen molar-refractivity contribution in [1.29, 1.82) is 0 Å². The topological polar surface area (TPSA) is 161 Å². The molecule has 0 saturated carbocycles. The molecule has 12 nitrogen and oxygen atoms in total. The number of carbonyl (C=O) groups is 5.